The van der Waals surface area contributed by atoms with Crippen molar-refractivity contribution in [3.05, 3.63) is 42.5 Å². The SMILES string of the molecule is C=C[C@H]1[C@H](c2ccc(OC)cc2)N1[S@](=O)C(C)(C)C. The standard InChI is InChI=1S/C15H21NO2S/c1-6-13-14(16(13)19(17)15(2,3)4)11-7-9-12(18-5)10-8-11/h6-10,13-14H,1H2,2-5H3/t13-,14-,16?,19+/m0/s1. The topological polar surface area (TPSA) is 29.3 Å². The molecular formula is C15H21NO2S. The normalized spacial score (nSPS) is 27.7. The monoisotopic (exact) mass is 279 g/mol. The molecule has 0 saturated carbocycles. The molecule has 3 nitrogen and oxygen atoms in total. The second-order valence-electron chi connectivity index (χ2n) is 5.67. The molecule has 0 radical (unpaired) electrons. The van der Waals surface area contributed by atoms with Crippen molar-refractivity contribution in [3.63, 3.8) is 0 Å². The van der Waals surface area contributed by atoms with Crippen LogP contribution in [0.4, 0.5) is 0 Å². The summed E-state index contributed by atoms with van der Waals surface area (Å²) in [6.07, 6.45) is 1.87. The predicted molar refractivity (Wildman–Crippen MR) is 79.5 cm³/mol. The quantitative estimate of drug-likeness (QED) is 0.626. The van der Waals surface area contributed by atoms with Crippen molar-refractivity contribution in [1.29, 1.82) is 0 Å². The van der Waals surface area contributed by atoms with E-state index in [0.717, 1.165) is 11.3 Å². The Morgan fingerprint density at radius 2 is 1.89 bits per heavy atom. The zero-order valence-corrected chi connectivity index (χ0v) is 12.7. The van der Waals surface area contributed by atoms with Crippen LogP contribution in [0.2, 0.25) is 0 Å². The van der Waals surface area contributed by atoms with Gasteiger partial charge in [-0.15, -0.1) is 6.58 Å². The molecule has 4 heteroatoms. The molecule has 0 spiro atoms. The third-order valence-electron chi connectivity index (χ3n) is 3.22. The second kappa shape index (κ2) is 5.10. The summed E-state index contributed by atoms with van der Waals surface area (Å²) < 4.78 is 19.4. The maximum absolute atomic E-state index is 12.5. The Labute approximate surface area is 117 Å². The molecule has 1 aliphatic rings. The highest BCUT2D eigenvalue weighted by Gasteiger charge is 2.52. The molecule has 1 saturated heterocycles. The van der Waals surface area contributed by atoms with Gasteiger partial charge in [0.15, 0.2) is 0 Å². The number of hydrogen-bond donors (Lipinski definition) is 0. The van der Waals surface area contributed by atoms with Crippen LogP contribution in [0, 0.1) is 0 Å². The molecule has 2 rings (SSSR count). The number of hydrogen-bond acceptors (Lipinski definition) is 2. The van der Waals surface area contributed by atoms with Crippen LogP contribution in [0.15, 0.2) is 36.9 Å². The Hall–Kier alpha value is -1.13. The third kappa shape index (κ3) is 2.74. The van der Waals surface area contributed by atoms with E-state index < -0.39 is 11.0 Å². The van der Waals surface area contributed by atoms with E-state index in [0.29, 0.717) is 0 Å². The van der Waals surface area contributed by atoms with Gasteiger partial charge >= 0.3 is 0 Å². The molecule has 1 aromatic carbocycles. The summed E-state index contributed by atoms with van der Waals surface area (Å²) in [6.45, 7) is 9.82. The average molecular weight is 279 g/mol. The van der Waals surface area contributed by atoms with Crippen LogP contribution in [0.25, 0.3) is 0 Å². The summed E-state index contributed by atoms with van der Waals surface area (Å²) in [7, 11) is 0.638. The molecule has 19 heavy (non-hydrogen) atoms. The van der Waals surface area contributed by atoms with Crippen molar-refractivity contribution in [2.75, 3.05) is 7.11 Å². The van der Waals surface area contributed by atoms with Gasteiger partial charge in [0.2, 0.25) is 0 Å². The van der Waals surface area contributed by atoms with Crippen molar-refractivity contribution in [3.8, 4) is 5.75 Å². The summed E-state index contributed by atoms with van der Waals surface area (Å²) in [4.78, 5) is 0. The Balaban J connectivity index is 2.20. The minimum atomic E-state index is -1.01. The molecule has 0 aliphatic carbocycles. The summed E-state index contributed by atoms with van der Waals surface area (Å²) in [5, 5.41) is 0. The van der Waals surface area contributed by atoms with Gasteiger partial charge in [-0.25, -0.2) is 8.51 Å². The molecular weight excluding hydrogens is 258 g/mol. The van der Waals surface area contributed by atoms with Crippen LogP contribution in [0.1, 0.15) is 32.4 Å². The second-order valence-corrected chi connectivity index (χ2v) is 7.81. The highest BCUT2D eigenvalue weighted by molar-refractivity contribution is 7.84. The third-order valence-corrected chi connectivity index (χ3v) is 5.12. The first-order chi connectivity index (χ1) is 8.90. The van der Waals surface area contributed by atoms with Crippen molar-refractivity contribution < 1.29 is 8.95 Å². The Morgan fingerprint density at radius 1 is 1.32 bits per heavy atom. The summed E-state index contributed by atoms with van der Waals surface area (Å²) in [6, 6.07) is 8.26. The van der Waals surface area contributed by atoms with Crippen molar-refractivity contribution in [2.24, 2.45) is 0 Å². The molecule has 1 aliphatic heterocycles. The van der Waals surface area contributed by atoms with Crippen LogP contribution in [0.3, 0.4) is 0 Å². The molecule has 0 bridgehead atoms. The first-order valence-electron chi connectivity index (χ1n) is 6.37. The van der Waals surface area contributed by atoms with Crippen molar-refractivity contribution >= 4 is 11.0 Å². The van der Waals surface area contributed by atoms with Gasteiger partial charge in [0, 0.05) is 0 Å². The molecule has 104 valence electrons. The smallest absolute Gasteiger partial charge is 0.118 e. The fraction of sp³-hybridized carbons (Fsp3) is 0.467. The fourth-order valence-electron chi connectivity index (χ4n) is 2.14. The lowest BCUT2D eigenvalue weighted by Gasteiger charge is -2.18. The molecule has 1 unspecified atom stereocenters. The van der Waals surface area contributed by atoms with Gasteiger partial charge in [0.05, 0.1) is 23.9 Å². The zero-order valence-electron chi connectivity index (χ0n) is 11.9. The first kappa shape index (κ1) is 14.3. The van der Waals surface area contributed by atoms with Gasteiger partial charge in [-0.3, -0.25) is 0 Å². The van der Waals surface area contributed by atoms with Crippen LogP contribution >= 0.6 is 0 Å². The van der Waals surface area contributed by atoms with Crippen molar-refractivity contribution in [2.45, 2.75) is 37.6 Å². The Bertz CT molecular complexity index is 490. The molecule has 1 aromatic rings. The highest BCUT2D eigenvalue weighted by Crippen LogP contribution is 2.47. The van der Waals surface area contributed by atoms with E-state index >= 15 is 0 Å². The molecule has 0 N–H and O–H groups in total. The minimum Gasteiger partial charge on any atom is -0.497 e. The van der Waals surface area contributed by atoms with Crippen LogP contribution in [0.5, 0.6) is 5.75 Å². The molecule has 0 aromatic heterocycles. The summed E-state index contributed by atoms with van der Waals surface area (Å²) in [5.41, 5.74) is 1.16. The van der Waals surface area contributed by atoms with E-state index in [1.807, 2.05) is 55.4 Å². The number of ether oxygens (including phenoxy) is 1. The van der Waals surface area contributed by atoms with Gasteiger partial charge in [-0.1, -0.05) is 18.2 Å². The van der Waals surface area contributed by atoms with Gasteiger partial charge in [-0.05, 0) is 38.5 Å². The van der Waals surface area contributed by atoms with E-state index in [1.165, 1.54) is 0 Å². The Morgan fingerprint density at radius 3 is 2.32 bits per heavy atom. The summed E-state index contributed by atoms with van der Waals surface area (Å²) >= 11 is 0. The van der Waals surface area contributed by atoms with Crippen LogP contribution in [-0.4, -0.2) is 26.4 Å². The number of nitrogens with zero attached hydrogens (tertiary/aromatic N) is 1. The first-order valence-corrected chi connectivity index (χ1v) is 7.47. The number of benzene rings is 1. The van der Waals surface area contributed by atoms with Gasteiger partial charge in [-0.2, -0.15) is 0 Å². The molecule has 4 atom stereocenters. The van der Waals surface area contributed by atoms with Gasteiger partial charge in [0.1, 0.15) is 16.7 Å². The van der Waals surface area contributed by atoms with Crippen LogP contribution < -0.4 is 4.74 Å². The number of methoxy groups -OCH3 is 1. The molecule has 0 amide bonds. The average Bonchev–Trinajstić information content (AvgIpc) is 3.11. The zero-order chi connectivity index (χ0) is 14.2. The van der Waals surface area contributed by atoms with E-state index in [2.05, 4.69) is 6.58 Å². The highest BCUT2D eigenvalue weighted by atomic mass is 32.2. The largest absolute Gasteiger partial charge is 0.497 e. The maximum Gasteiger partial charge on any atom is 0.118 e. The van der Waals surface area contributed by atoms with Gasteiger partial charge in [0.25, 0.3) is 0 Å². The van der Waals surface area contributed by atoms with Crippen LogP contribution in [-0.2, 0) is 11.0 Å². The molecule has 1 heterocycles. The van der Waals surface area contributed by atoms with Gasteiger partial charge < -0.3 is 4.74 Å². The van der Waals surface area contributed by atoms with E-state index in [9.17, 15) is 4.21 Å². The van der Waals surface area contributed by atoms with E-state index in [1.54, 1.807) is 7.11 Å². The lowest BCUT2D eigenvalue weighted by Crippen LogP contribution is -2.28. The summed E-state index contributed by atoms with van der Waals surface area (Å²) in [5.74, 6) is 0.836. The lowest BCUT2D eigenvalue weighted by atomic mass is 10.1. The lowest BCUT2D eigenvalue weighted by molar-refractivity contribution is 0.414. The minimum absolute atomic E-state index is 0.161. The van der Waals surface area contributed by atoms with E-state index in [4.69, 9.17) is 4.74 Å². The Kier molecular flexibility index (Phi) is 3.83. The maximum atomic E-state index is 12.5. The van der Waals surface area contributed by atoms with E-state index in [-0.39, 0.29) is 16.8 Å². The number of rotatable bonds is 4. The fourth-order valence-corrected chi connectivity index (χ4v) is 3.59. The van der Waals surface area contributed by atoms with Crippen molar-refractivity contribution in [1.82, 2.24) is 4.31 Å². The predicted octanol–water partition coefficient (Wildman–Crippen LogP) is 3.07. The molecule has 1 fully saturated rings.